The van der Waals surface area contributed by atoms with Crippen LogP contribution in [0.5, 0.6) is 0 Å². The number of hydrogen-bond acceptors (Lipinski definition) is 4. The van der Waals surface area contributed by atoms with E-state index in [0.29, 0.717) is 11.1 Å². The number of benzene rings is 1. The molecule has 5 heteroatoms. The lowest BCUT2D eigenvalue weighted by molar-refractivity contribution is -0.142. The monoisotopic (exact) mass is 326 g/mol. The Morgan fingerprint density at radius 3 is 2.26 bits per heavy atom. The number of imide groups is 1. The first-order chi connectivity index (χ1) is 10.9. The highest BCUT2D eigenvalue weighted by Gasteiger charge is 2.36. The molecule has 4 nitrogen and oxygen atoms in total. The van der Waals surface area contributed by atoms with Crippen LogP contribution in [0.25, 0.3) is 6.08 Å². The third-order valence-electron chi connectivity index (χ3n) is 3.72. The van der Waals surface area contributed by atoms with E-state index < -0.39 is 5.91 Å². The Morgan fingerprint density at radius 1 is 1.17 bits per heavy atom. The number of carbonyl (C=O) groups is 2. The molecule has 1 aromatic carbocycles. The van der Waals surface area contributed by atoms with E-state index in [4.69, 9.17) is 0 Å². The predicted molar refractivity (Wildman–Crippen MR) is 91.5 cm³/mol. The minimum absolute atomic E-state index is 0.0327. The molecule has 2 rings (SSSR count). The van der Waals surface area contributed by atoms with Crippen molar-refractivity contribution in [3.63, 3.8) is 0 Å². The maximum absolute atomic E-state index is 12.7. The summed E-state index contributed by atoms with van der Waals surface area (Å²) in [5, 5.41) is 9.27. The van der Waals surface area contributed by atoms with Crippen LogP contribution in [-0.2, 0) is 9.59 Å². The van der Waals surface area contributed by atoms with Crippen LogP contribution in [0.3, 0.4) is 0 Å². The Morgan fingerprint density at radius 2 is 1.78 bits per heavy atom. The highest BCUT2D eigenvalue weighted by molar-refractivity contribution is 7.98. The van der Waals surface area contributed by atoms with Gasteiger partial charge in [-0.25, -0.2) is 0 Å². The molecule has 0 aromatic heterocycles. The maximum atomic E-state index is 12.7. The standard InChI is InChI=1S/C18H18N2O2S/c1-11(2)20-17(21)15(12(3)16(10-19)18(20)22)9-13-5-7-14(23-4)8-6-13/h5-9,11H,1-4H3/b15-9+. The lowest BCUT2D eigenvalue weighted by Crippen LogP contribution is -2.46. The molecule has 0 N–H and O–H groups in total. The molecule has 0 spiro atoms. The molecule has 0 atom stereocenters. The summed E-state index contributed by atoms with van der Waals surface area (Å²) < 4.78 is 0. The third-order valence-corrected chi connectivity index (χ3v) is 4.46. The van der Waals surface area contributed by atoms with Crippen LogP contribution in [0.15, 0.2) is 45.9 Å². The quantitative estimate of drug-likeness (QED) is 0.485. The molecular formula is C18H18N2O2S. The van der Waals surface area contributed by atoms with E-state index in [0.717, 1.165) is 15.4 Å². The number of carbonyl (C=O) groups excluding carboxylic acids is 2. The number of thioether (sulfide) groups is 1. The highest BCUT2D eigenvalue weighted by Crippen LogP contribution is 2.28. The molecule has 1 aliphatic rings. The first-order valence-electron chi connectivity index (χ1n) is 7.25. The summed E-state index contributed by atoms with van der Waals surface area (Å²) in [5.74, 6) is -0.865. The fourth-order valence-corrected chi connectivity index (χ4v) is 2.84. The van der Waals surface area contributed by atoms with Crippen LogP contribution in [0.2, 0.25) is 0 Å². The topological polar surface area (TPSA) is 61.2 Å². The third kappa shape index (κ3) is 3.22. The summed E-state index contributed by atoms with van der Waals surface area (Å²) in [4.78, 5) is 27.2. The van der Waals surface area contributed by atoms with Gasteiger partial charge in [-0.05, 0) is 56.4 Å². The Bertz CT molecular complexity index is 752. The Kier molecular flexibility index (Phi) is 5.07. The summed E-state index contributed by atoms with van der Waals surface area (Å²) in [5.41, 5.74) is 1.73. The number of nitriles is 1. The first-order valence-corrected chi connectivity index (χ1v) is 8.48. The van der Waals surface area contributed by atoms with Gasteiger partial charge >= 0.3 is 0 Å². The molecular weight excluding hydrogens is 308 g/mol. The van der Waals surface area contributed by atoms with E-state index >= 15 is 0 Å². The van der Waals surface area contributed by atoms with Crippen LogP contribution in [-0.4, -0.2) is 29.0 Å². The van der Waals surface area contributed by atoms with Gasteiger partial charge in [-0.15, -0.1) is 11.8 Å². The van der Waals surface area contributed by atoms with E-state index in [1.54, 1.807) is 38.6 Å². The van der Waals surface area contributed by atoms with Crippen molar-refractivity contribution in [1.82, 2.24) is 4.90 Å². The van der Waals surface area contributed by atoms with Gasteiger partial charge in [-0.3, -0.25) is 14.5 Å². The lowest BCUT2D eigenvalue weighted by atomic mass is 9.93. The van der Waals surface area contributed by atoms with Gasteiger partial charge < -0.3 is 0 Å². The minimum Gasteiger partial charge on any atom is -0.271 e. The molecule has 0 saturated heterocycles. The molecule has 2 amide bonds. The van der Waals surface area contributed by atoms with Gasteiger partial charge in [0.1, 0.15) is 11.6 Å². The van der Waals surface area contributed by atoms with Crippen LogP contribution in [0.1, 0.15) is 26.3 Å². The Labute approximate surface area is 140 Å². The van der Waals surface area contributed by atoms with Crippen molar-refractivity contribution in [3.05, 3.63) is 46.5 Å². The SMILES string of the molecule is CSc1ccc(/C=C2/C(=O)N(C(C)C)C(=O)C(C#N)=C2C)cc1. The number of rotatable bonds is 3. The second-order valence-corrected chi connectivity index (χ2v) is 6.40. The molecule has 0 aliphatic carbocycles. The van der Waals surface area contributed by atoms with E-state index in [1.807, 2.05) is 36.6 Å². The van der Waals surface area contributed by atoms with Crippen LogP contribution in [0.4, 0.5) is 0 Å². The van der Waals surface area contributed by atoms with Gasteiger partial charge in [-0.1, -0.05) is 12.1 Å². The van der Waals surface area contributed by atoms with Gasteiger partial charge in [0.05, 0.1) is 0 Å². The van der Waals surface area contributed by atoms with Crippen molar-refractivity contribution < 1.29 is 9.59 Å². The normalized spacial score (nSPS) is 17.2. The molecule has 0 bridgehead atoms. The molecule has 0 saturated carbocycles. The predicted octanol–water partition coefficient (Wildman–Crippen LogP) is 3.41. The summed E-state index contributed by atoms with van der Waals surface area (Å²) in [7, 11) is 0. The molecule has 0 unspecified atom stereocenters. The van der Waals surface area contributed by atoms with E-state index in [1.165, 1.54) is 0 Å². The second kappa shape index (κ2) is 6.84. The highest BCUT2D eigenvalue weighted by atomic mass is 32.2. The Balaban J connectivity index is 2.56. The van der Waals surface area contributed by atoms with Crippen molar-refractivity contribution in [2.24, 2.45) is 0 Å². The van der Waals surface area contributed by atoms with Gasteiger partial charge in [-0.2, -0.15) is 5.26 Å². The fraction of sp³-hybridized carbons (Fsp3) is 0.278. The zero-order valence-corrected chi connectivity index (χ0v) is 14.4. The summed E-state index contributed by atoms with van der Waals surface area (Å²) in [6.45, 7) is 5.17. The van der Waals surface area contributed by atoms with Crippen molar-refractivity contribution in [1.29, 1.82) is 5.26 Å². The average molecular weight is 326 g/mol. The molecule has 0 radical (unpaired) electrons. The minimum atomic E-state index is -0.514. The van der Waals surface area contributed by atoms with Crippen molar-refractivity contribution in [2.45, 2.75) is 31.7 Å². The zero-order chi connectivity index (χ0) is 17.1. The molecule has 1 aromatic rings. The largest absolute Gasteiger partial charge is 0.271 e. The van der Waals surface area contributed by atoms with Crippen LogP contribution < -0.4 is 0 Å². The van der Waals surface area contributed by atoms with Gasteiger partial charge in [0.2, 0.25) is 0 Å². The summed E-state index contributed by atoms with van der Waals surface area (Å²) in [6.07, 6.45) is 3.73. The smallest absolute Gasteiger partial charge is 0.271 e. The summed E-state index contributed by atoms with van der Waals surface area (Å²) >= 11 is 1.64. The maximum Gasteiger partial charge on any atom is 0.271 e. The first kappa shape index (κ1) is 17.0. The van der Waals surface area contributed by atoms with Gasteiger partial charge in [0, 0.05) is 16.5 Å². The lowest BCUT2D eigenvalue weighted by Gasteiger charge is -2.30. The molecule has 118 valence electrons. The molecule has 1 heterocycles. The zero-order valence-electron chi connectivity index (χ0n) is 13.6. The van der Waals surface area contributed by atoms with Crippen molar-refractivity contribution in [3.8, 4) is 6.07 Å². The van der Waals surface area contributed by atoms with Crippen LogP contribution >= 0.6 is 11.8 Å². The molecule has 0 fully saturated rings. The fourth-order valence-electron chi connectivity index (χ4n) is 2.44. The van der Waals surface area contributed by atoms with E-state index in [2.05, 4.69) is 0 Å². The van der Waals surface area contributed by atoms with E-state index in [-0.39, 0.29) is 17.5 Å². The number of nitrogens with zero attached hydrogens (tertiary/aromatic N) is 2. The van der Waals surface area contributed by atoms with Crippen molar-refractivity contribution >= 4 is 29.7 Å². The van der Waals surface area contributed by atoms with Gasteiger partial charge in [0.25, 0.3) is 11.8 Å². The van der Waals surface area contributed by atoms with Gasteiger partial charge in [0.15, 0.2) is 0 Å². The van der Waals surface area contributed by atoms with Crippen LogP contribution in [0, 0.1) is 11.3 Å². The number of amides is 2. The number of hydrogen-bond donors (Lipinski definition) is 0. The second-order valence-electron chi connectivity index (χ2n) is 5.52. The average Bonchev–Trinajstić information content (AvgIpc) is 2.52. The van der Waals surface area contributed by atoms with E-state index in [9.17, 15) is 14.9 Å². The summed E-state index contributed by atoms with van der Waals surface area (Å²) in [6, 6.07) is 9.42. The molecule has 23 heavy (non-hydrogen) atoms. The Hall–Kier alpha value is -2.32. The molecule has 1 aliphatic heterocycles. The van der Waals surface area contributed by atoms with Crippen molar-refractivity contribution in [2.75, 3.05) is 6.26 Å².